The van der Waals surface area contributed by atoms with Gasteiger partial charge in [0.1, 0.15) is 4.88 Å². The molecular weight excluding hydrogens is 324 g/mol. The maximum absolute atomic E-state index is 12.0. The molecule has 0 unspecified atom stereocenters. The van der Waals surface area contributed by atoms with E-state index in [0.29, 0.717) is 11.4 Å². The monoisotopic (exact) mass is 340 g/mol. The predicted molar refractivity (Wildman–Crippen MR) is 79.1 cm³/mol. The third kappa shape index (κ3) is 3.95. The summed E-state index contributed by atoms with van der Waals surface area (Å²) >= 11 is 4.79. The molecule has 1 rings (SSSR count). The lowest BCUT2D eigenvalue weighted by Crippen LogP contribution is -2.52. The van der Waals surface area contributed by atoms with Crippen LogP contribution in [0.2, 0.25) is 0 Å². The van der Waals surface area contributed by atoms with Crippen molar-refractivity contribution in [3.63, 3.8) is 0 Å². The summed E-state index contributed by atoms with van der Waals surface area (Å²) in [6, 6.07) is 1.88. The third-order valence-electron chi connectivity index (χ3n) is 2.95. The summed E-state index contributed by atoms with van der Waals surface area (Å²) in [6.45, 7) is 4.55. The average molecular weight is 342 g/mol. The fourth-order valence-electron chi connectivity index (χ4n) is 1.52. The van der Waals surface area contributed by atoms with Crippen LogP contribution in [-0.2, 0) is 0 Å². The van der Waals surface area contributed by atoms with Gasteiger partial charge in [-0.1, -0.05) is 13.8 Å². The van der Waals surface area contributed by atoms with Crippen LogP contribution in [-0.4, -0.2) is 18.0 Å². The van der Waals surface area contributed by atoms with Gasteiger partial charge in [-0.25, -0.2) is 0 Å². The quantitative estimate of drug-likeness (QED) is 0.864. The molecule has 1 aromatic heterocycles. The summed E-state index contributed by atoms with van der Waals surface area (Å²) in [5, 5.41) is 4.93. The van der Waals surface area contributed by atoms with E-state index in [4.69, 9.17) is 5.73 Å². The van der Waals surface area contributed by atoms with Crippen molar-refractivity contribution in [1.82, 2.24) is 5.32 Å². The Morgan fingerprint density at radius 2 is 2.12 bits per heavy atom. The molecule has 0 spiro atoms. The van der Waals surface area contributed by atoms with E-state index in [2.05, 4.69) is 21.2 Å². The number of nitrogens with one attached hydrogen (secondary N) is 1. The summed E-state index contributed by atoms with van der Waals surface area (Å²) in [5.41, 5.74) is 5.47. The maximum Gasteiger partial charge on any atom is 0.262 e. The molecule has 6 heteroatoms. The molecule has 98 valence electrons. The highest BCUT2D eigenvalue weighted by molar-refractivity contribution is 9.10. The van der Waals surface area contributed by atoms with Gasteiger partial charge in [0.25, 0.3) is 5.91 Å². The van der Waals surface area contributed by atoms with Crippen LogP contribution in [0.25, 0.3) is 0 Å². The lowest BCUT2D eigenvalue weighted by molar-refractivity contribution is 0.0899. The Balaban J connectivity index is 0.00000256. The van der Waals surface area contributed by atoms with Crippen LogP contribution >= 0.6 is 39.7 Å². The first-order chi connectivity index (χ1) is 7.58. The number of carbonyl (C=O) groups is 1. The molecule has 0 saturated heterocycles. The number of rotatable bonds is 5. The van der Waals surface area contributed by atoms with E-state index in [1.807, 2.05) is 25.3 Å². The smallest absolute Gasteiger partial charge is 0.262 e. The second-order valence-electron chi connectivity index (χ2n) is 3.74. The Morgan fingerprint density at radius 1 is 1.53 bits per heavy atom. The third-order valence-corrected chi connectivity index (χ3v) is 4.78. The normalized spacial score (nSPS) is 10.8. The second kappa shape index (κ2) is 7.36. The zero-order chi connectivity index (χ0) is 12.2. The van der Waals surface area contributed by atoms with Crippen molar-refractivity contribution in [3.05, 3.63) is 20.8 Å². The number of hydrogen-bond donors (Lipinski definition) is 2. The molecule has 1 amide bonds. The number of thiophene rings is 1. The molecule has 0 radical (unpaired) electrons. The lowest BCUT2D eigenvalue weighted by Gasteiger charge is -2.31. The highest BCUT2D eigenvalue weighted by Gasteiger charge is 2.27. The number of hydrogen-bond acceptors (Lipinski definition) is 3. The zero-order valence-corrected chi connectivity index (χ0v) is 13.2. The van der Waals surface area contributed by atoms with Gasteiger partial charge in [-0.05, 0) is 40.2 Å². The van der Waals surface area contributed by atoms with Crippen molar-refractivity contribution in [2.45, 2.75) is 32.2 Å². The minimum absolute atomic E-state index is 0. The van der Waals surface area contributed by atoms with Crippen molar-refractivity contribution in [2.24, 2.45) is 5.73 Å². The molecular formula is C11H18BrClN2OS. The first-order valence-corrected chi connectivity index (χ1v) is 7.01. The van der Waals surface area contributed by atoms with Gasteiger partial charge >= 0.3 is 0 Å². The van der Waals surface area contributed by atoms with Gasteiger partial charge in [0.2, 0.25) is 0 Å². The summed E-state index contributed by atoms with van der Waals surface area (Å²) in [4.78, 5) is 12.7. The van der Waals surface area contributed by atoms with Gasteiger partial charge in [-0.2, -0.15) is 0 Å². The van der Waals surface area contributed by atoms with Gasteiger partial charge in [-0.15, -0.1) is 23.7 Å². The first-order valence-electron chi connectivity index (χ1n) is 5.34. The number of carbonyl (C=O) groups excluding carboxylic acids is 1. The second-order valence-corrected chi connectivity index (χ2v) is 5.51. The molecule has 0 aliphatic heterocycles. The average Bonchev–Trinajstić information content (AvgIpc) is 2.72. The van der Waals surface area contributed by atoms with Crippen molar-refractivity contribution < 1.29 is 4.79 Å². The van der Waals surface area contributed by atoms with Crippen molar-refractivity contribution >= 4 is 45.6 Å². The van der Waals surface area contributed by atoms with E-state index in [9.17, 15) is 4.79 Å². The van der Waals surface area contributed by atoms with Crippen LogP contribution in [0.15, 0.2) is 15.9 Å². The molecule has 3 nitrogen and oxygen atoms in total. The maximum atomic E-state index is 12.0. The van der Waals surface area contributed by atoms with Gasteiger partial charge in [0.05, 0.1) is 5.54 Å². The standard InChI is InChI=1S/C11H17BrN2OS.ClH/c1-3-11(4-2,7-13)14-10(15)9-8(12)5-6-16-9;/h5-6H,3-4,7,13H2,1-2H3,(H,14,15);1H. The molecule has 0 atom stereocenters. The number of halogens is 2. The number of amides is 1. The van der Waals surface area contributed by atoms with Gasteiger partial charge < -0.3 is 11.1 Å². The van der Waals surface area contributed by atoms with E-state index in [1.54, 1.807) is 0 Å². The Hall–Kier alpha value is -0.100. The van der Waals surface area contributed by atoms with E-state index in [1.165, 1.54) is 11.3 Å². The van der Waals surface area contributed by atoms with E-state index < -0.39 is 0 Å². The minimum atomic E-state index is -0.277. The van der Waals surface area contributed by atoms with Crippen LogP contribution in [0.5, 0.6) is 0 Å². The highest BCUT2D eigenvalue weighted by atomic mass is 79.9. The van der Waals surface area contributed by atoms with Gasteiger partial charge in [-0.3, -0.25) is 4.79 Å². The summed E-state index contributed by atoms with van der Waals surface area (Å²) in [7, 11) is 0. The van der Waals surface area contributed by atoms with Crippen LogP contribution in [0.4, 0.5) is 0 Å². The van der Waals surface area contributed by atoms with Crippen molar-refractivity contribution in [2.75, 3.05) is 6.54 Å². The zero-order valence-electron chi connectivity index (χ0n) is 9.96. The highest BCUT2D eigenvalue weighted by Crippen LogP contribution is 2.24. The molecule has 17 heavy (non-hydrogen) atoms. The Morgan fingerprint density at radius 3 is 2.47 bits per heavy atom. The van der Waals surface area contributed by atoms with Crippen molar-refractivity contribution in [1.29, 1.82) is 0 Å². The lowest BCUT2D eigenvalue weighted by atomic mass is 9.93. The summed E-state index contributed by atoms with van der Waals surface area (Å²) < 4.78 is 0.841. The Bertz CT molecular complexity index is 358. The molecule has 0 fully saturated rings. The van der Waals surface area contributed by atoms with Crippen LogP contribution in [0.1, 0.15) is 36.4 Å². The molecule has 0 aliphatic carbocycles. The largest absolute Gasteiger partial charge is 0.345 e. The fourth-order valence-corrected chi connectivity index (χ4v) is 2.97. The Kier molecular flexibility index (Phi) is 7.32. The van der Waals surface area contributed by atoms with Crippen molar-refractivity contribution in [3.8, 4) is 0 Å². The SMILES string of the molecule is CCC(CC)(CN)NC(=O)c1sccc1Br.Cl. The van der Waals surface area contributed by atoms with E-state index >= 15 is 0 Å². The molecule has 0 aliphatic rings. The fraction of sp³-hybridized carbons (Fsp3) is 0.545. The summed E-state index contributed by atoms with van der Waals surface area (Å²) in [5.74, 6) is -0.0453. The first kappa shape index (κ1) is 16.9. The summed E-state index contributed by atoms with van der Waals surface area (Å²) in [6.07, 6.45) is 1.68. The van der Waals surface area contributed by atoms with E-state index in [0.717, 1.165) is 17.3 Å². The molecule has 0 bridgehead atoms. The molecule has 1 heterocycles. The topological polar surface area (TPSA) is 55.1 Å². The molecule has 3 N–H and O–H groups in total. The molecule has 1 aromatic rings. The molecule has 0 saturated carbocycles. The number of nitrogens with two attached hydrogens (primary N) is 1. The molecule has 0 aromatic carbocycles. The van der Waals surface area contributed by atoms with Crippen LogP contribution < -0.4 is 11.1 Å². The Labute approximate surface area is 121 Å². The van der Waals surface area contributed by atoms with Crippen LogP contribution in [0.3, 0.4) is 0 Å². The van der Waals surface area contributed by atoms with Crippen LogP contribution in [0, 0.1) is 0 Å². The predicted octanol–water partition coefficient (Wildman–Crippen LogP) is 3.18. The minimum Gasteiger partial charge on any atom is -0.345 e. The van der Waals surface area contributed by atoms with Gasteiger partial charge in [0.15, 0.2) is 0 Å². The van der Waals surface area contributed by atoms with E-state index in [-0.39, 0.29) is 23.9 Å². The van der Waals surface area contributed by atoms with Gasteiger partial charge in [0, 0.05) is 11.0 Å².